The number of carbonyl (C=O) groups is 2. The number of fused-ring (bicyclic) bond motifs is 1. The van der Waals surface area contributed by atoms with Gasteiger partial charge >= 0.3 is 0 Å². The predicted molar refractivity (Wildman–Crippen MR) is 294 cm³/mol. The van der Waals surface area contributed by atoms with Gasteiger partial charge in [0.1, 0.15) is 5.82 Å². The second-order valence-electron chi connectivity index (χ2n) is 15.7. The second kappa shape index (κ2) is 27.0. The van der Waals surface area contributed by atoms with Gasteiger partial charge in [-0.05, 0) is 117 Å². The number of hydrogen-bond donors (Lipinski definition) is 0. The number of carbonyl (C=O) groups excluding carboxylic acids is 2. The van der Waals surface area contributed by atoms with Gasteiger partial charge in [-0.25, -0.2) is 4.39 Å². The number of imide groups is 1. The summed E-state index contributed by atoms with van der Waals surface area (Å²) in [6, 6.07) is 91.8. The topological polar surface area (TPSA) is 48.2 Å². The van der Waals surface area contributed by atoms with E-state index in [9.17, 15) is 14.0 Å². The Morgan fingerprint density at radius 2 is 0.493 bits per heavy atom. The molecule has 0 saturated carbocycles. The second-order valence-corrected chi connectivity index (χ2v) is 25.0. The number of benzene rings is 9. The third kappa shape index (κ3) is 14.5. The fraction of sp³-hybridized carbons (Fsp3) is 0.0667. The molecule has 342 valence electrons. The zero-order chi connectivity index (χ0) is 46.8. The summed E-state index contributed by atoms with van der Waals surface area (Å²) in [7, 11) is -1.39. The smallest absolute Gasteiger partial charge is 0.123 e. The van der Waals surface area contributed by atoms with E-state index >= 15 is 0 Å². The van der Waals surface area contributed by atoms with Gasteiger partial charge in [0, 0.05) is 32.2 Å². The first-order valence-electron chi connectivity index (χ1n) is 22.6. The van der Waals surface area contributed by atoms with Crippen molar-refractivity contribution in [2.24, 2.45) is 0 Å². The van der Waals surface area contributed by atoms with Crippen LogP contribution in [-0.2, 0) is 21.1 Å². The SMILES string of the molecule is O=C1[N-]C(=O)c2cc(F)ccc21.[Mo].c1ccc(P(CCP(c2ccccc2)c2ccccc2)c2ccccc2)cc1.c1ccc(P(CCP(c2ccccc2)c2ccccc2)c2ccccc2)cc1. The van der Waals surface area contributed by atoms with Crippen LogP contribution >= 0.6 is 31.7 Å². The summed E-state index contributed by atoms with van der Waals surface area (Å²) in [4.78, 5) is 21.8. The zero-order valence-corrected chi connectivity index (χ0v) is 43.6. The molecule has 0 bridgehead atoms. The fourth-order valence-electron chi connectivity index (χ4n) is 7.99. The largest absolute Gasteiger partial charge is 0.587 e. The van der Waals surface area contributed by atoms with Crippen molar-refractivity contribution in [3.05, 3.63) is 283 Å². The van der Waals surface area contributed by atoms with E-state index in [0.29, 0.717) is 0 Å². The zero-order valence-electron chi connectivity index (χ0n) is 38.0. The molecular formula is C60H51FMoNO2P4-. The van der Waals surface area contributed by atoms with Crippen LogP contribution in [0.5, 0.6) is 0 Å². The van der Waals surface area contributed by atoms with Gasteiger partial charge in [0.25, 0.3) is 0 Å². The van der Waals surface area contributed by atoms with Crippen LogP contribution in [0.4, 0.5) is 4.39 Å². The summed E-state index contributed by atoms with van der Waals surface area (Å²) < 4.78 is 12.6. The molecule has 9 heteroatoms. The summed E-state index contributed by atoms with van der Waals surface area (Å²) in [5.41, 5.74) is 0.237. The number of hydrogen-bond acceptors (Lipinski definition) is 2. The molecule has 9 aromatic carbocycles. The van der Waals surface area contributed by atoms with Gasteiger partial charge in [-0.1, -0.05) is 243 Å². The summed E-state index contributed by atoms with van der Waals surface area (Å²) in [5.74, 6) is -1.78. The van der Waals surface area contributed by atoms with Crippen LogP contribution in [0.25, 0.3) is 5.32 Å². The van der Waals surface area contributed by atoms with E-state index in [1.54, 1.807) is 0 Å². The maximum absolute atomic E-state index is 12.6. The van der Waals surface area contributed by atoms with Gasteiger partial charge in [0.15, 0.2) is 0 Å². The van der Waals surface area contributed by atoms with Gasteiger partial charge in [-0.15, -0.1) is 0 Å². The van der Waals surface area contributed by atoms with Crippen molar-refractivity contribution in [3.63, 3.8) is 0 Å². The Balaban J connectivity index is 0.000000163. The molecule has 0 aliphatic carbocycles. The minimum atomic E-state index is -0.658. The normalized spacial score (nSPS) is 11.5. The Kier molecular flexibility index (Phi) is 20.1. The van der Waals surface area contributed by atoms with Crippen molar-refractivity contribution < 1.29 is 35.0 Å². The molecule has 0 spiro atoms. The first-order valence-corrected chi connectivity index (χ1v) is 28.7. The van der Waals surface area contributed by atoms with Crippen molar-refractivity contribution in [1.82, 2.24) is 0 Å². The van der Waals surface area contributed by atoms with Crippen LogP contribution in [0.15, 0.2) is 261 Å². The average molecular weight is 1060 g/mol. The minimum Gasteiger partial charge on any atom is -0.587 e. The van der Waals surface area contributed by atoms with Crippen LogP contribution < -0.4 is 42.4 Å². The Morgan fingerprint density at radius 1 is 0.290 bits per heavy atom. The Labute approximate surface area is 426 Å². The van der Waals surface area contributed by atoms with Gasteiger partial charge < -0.3 is 14.9 Å². The summed E-state index contributed by atoms with van der Waals surface area (Å²) in [6.07, 6.45) is 4.83. The first-order chi connectivity index (χ1) is 33.5. The van der Waals surface area contributed by atoms with Crippen molar-refractivity contribution in [2.45, 2.75) is 0 Å². The Morgan fingerprint density at radius 3 is 0.710 bits per heavy atom. The van der Waals surface area contributed by atoms with Crippen molar-refractivity contribution >= 4 is 85.9 Å². The maximum atomic E-state index is 12.6. The van der Waals surface area contributed by atoms with Crippen LogP contribution in [0.2, 0.25) is 0 Å². The monoisotopic (exact) mass is 1060 g/mol. The number of halogens is 1. The molecule has 69 heavy (non-hydrogen) atoms. The molecule has 9 aromatic rings. The number of nitrogens with zero attached hydrogens (tertiary/aromatic N) is 1. The molecular weight excluding hydrogens is 1010 g/mol. The summed E-state index contributed by atoms with van der Waals surface area (Å²) in [6.45, 7) is 0. The molecule has 1 aliphatic heterocycles. The molecule has 0 unspecified atom stereocenters. The van der Waals surface area contributed by atoms with Crippen molar-refractivity contribution in [1.29, 1.82) is 0 Å². The standard InChI is InChI=1S/2C26H24P2.C8H4FNO2.Mo/c2*1-5-13-23(14-6-1)27(24-15-7-2-8-16-24)21-22-28(25-17-9-3-10-18-25)26-19-11-4-12-20-26;9-4-1-2-5-6(3-4)8(12)10-7(5)11;/h2*1-20H,21-22H2;1-3H,(H,10,11,12);/p-1. The van der Waals surface area contributed by atoms with E-state index < -0.39 is 17.6 Å². The van der Waals surface area contributed by atoms with Gasteiger partial charge in [-0.2, -0.15) is 0 Å². The van der Waals surface area contributed by atoms with E-state index in [0.717, 1.165) is 12.1 Å². The molecule has 3 nitrogen and oxygen atoms in total. The van der Waals surface area contributed by atoms with Crippen molar-refractivity contribution in [3.8, 4) is 0 Å². The third-order valence-electron chi connectivity index (χ3n) is 11.3. The van der Waals surface area contributed by atoms with E-state index in [4.69, 9.17) is 0 Å². The van der Waals surface area contributed by atoms with Crippen LogP contribution in [0, 0.1) is 5.82 Å². The van der Waals surface area contributed by atoms with Crippen LogP contribution in [0.1, 0.15) is 20.7 Å². The molecule has 0 atom stereocenters. The first kappa shape index (κ1) is 51.3. The molecule has 1 heterocycles. The molecule has 0 N–H and O–H groups in total. The third-order valence-corrected chi connectivity index (χ3v) is 22.0. The van der Waals surface area contributed by atoms with E-state index in [1.165, 1.54) is 73.2 Å². The molecule has 0 saturated heterocycles. The predicted octanol–water partition coefficient (Wildman–Crippen LogP) is 12.0. The Hall–Kier alpha value is -5.54. The number of rotatable bonds is 14. The number of amides is 2. The van der Waals surface area contributed by atoms with Crippen molar-refractivity contribution in [2.75, 3.05) is 24.6 Å². The van der Waals surface area contributed by atoms with Crippen LogP contribution in [0.3, 0.4) is 0 Å². The fourth-order valence-corrected chi connectivity index (χ4v) is 18.7. The molecule has 0 fully saturated rings. The van der Waals surface area contributed by atoms with Crippen LogP contribution in [-0.4, -0.2) is 36.5 Å². The van der Waals surface area contributed by atoms with Gasteiger partial charge in [0.2, 0.25) is 0 Å². The molecule has 2 amide bonds. The van der Waals surface area contributed by atoms with Gasteiger partial charge in [-0.3, -0.25) is 0 Å². The summed E-state index contributed by atoms with van der Waals surface area (Å²) in [5, 5.41) is 14.9. The average Bonchev–Trinajstić information content (AvgIpc) is 3.69. The maximum Gasteiger partial charge on any atom is 0.123 e. The quantitative estimate of drug-likeness (QED) is 0.0619. The molecule has 10 rings (SSSR count). The van der Waals surface area contributed by atoms with Gasteiger partial charge in [0.05, 0.1) is 11.8 Å². The minimum absolute atomic E-state index is 0. The van der Waals surface area contributed by atoms with E-state index in [2.05, 4.69) is 248 Å². The van der Waals surface area contributed by atoms with E-state index in [-0.39, 0.29) is 63.9 Å². The summed E-state index contributed by atoms with van der Waals surface area (Å²) >= 11 is 0. The molecule has 0 radical (unpaired) electrons. The van der Waals surface area contributed by atoms with E-state index in [1.807, 2.05) is 0 Å². The molecule has 0 aromatic heterocycles. The Bertz CT molecular complexity index is 2440. The molecule has 1 aliphatic rings.